The van der Waals surface area contributed by atoms with E-state index in [1.807, 2.05) is 13.1 Å². The molecule has 0 aromatic carbocycles. The maximum absolute atomic E-state index is 5.11. The van der Waals surface area contributed by atoms with Crippen LogP contribution in [0, 0.1) is 5.92 Å². The van der Waals surface area contributed by atoms with E-state index in [-0.39, 0.29) is 0 Å². The zero-order chi connectivity index (χ0) is 15.1. The molecule has 114 valence electrons. The van der Waals surface area contributed by atoms with Crippen LogP contribution in [0.15, 0.2) is 6.07 Å². The van der Waals surface area contributed by atoms with Crippen molar-refractivity contribution >= 4 is 11.6 Å². The summed E-state index contributed by atoms with van der Waals surface area (Å²) in [6.45, 7) is 5.77. The third kappa shape index (κ3) is 5.30. The van der Waals surface area contributed by atoms with Crippen LogP contribution < -0.4 is 10.6 Å². The van der Waals surface area contributed by atoms with Gasteiger partial charge >= 0.3 is 0 Å². The number of aromatic nitrogens is 2. The van der Waals surface area contributed by atoms with Crippen LogP contribution in [-0.2, 0) is 11.3 Å². The first kappa shape index (κ1) is 16.7. The fourth-order valence-electron chi connectivity index (χ4n) is 1.90. The summed E-state index contributed by atoms with van der Waals surface area (Å²) in [5.74, 6) is 2.81. The lowest BCUT2D eigenvalue weighted by Gasteiger charge is -2.26. The van der Waals surface area contributed by atoms with Crippen molar-refractivity contribution in [2.75, 3.05) is 45.4 Å². The van der Waals surface area contributed by atoms with Crippen molar-refractivity contribution in [1.82, 2.24) is 14.9 Å². The lowest BCUT2D eigenvalue weighted by atomic mass is 10.0. The van der Waals surface area contributed by atoms with Crippen molar-refractivity contribution in [2.45, 2.75) is 26.5 Å². The zero-order valence-electron chi connectivity index (χ0n) is 13.4. The first-order chi connectivity index (χ1) is 9.46. The smallest absolute Gasteiger partial charge is 0.158 e. The molecule has 0 bridgehead atoms. The van der Waals surface area contributed by atoms with Crippen LogP contribution in [0.4, 0.5) is 11.6 Å². The average Bonchev–Trinajstić information content (AvgIpc) is 2.37. The minimum atomic E-state index is 0.333. The molecule has 0 saturated heterocycles. The maximum Gasteiger partial charge on any atom is 0.158 e. The van der Waals surface area contributed by atoms with Crippen LogP contribution in [0.5, 0.6) is 0 Å². The molecule has 1 atom stereocenters. The van der Waals surface area contributed by atoms with E-state index in [9.17, 15) is 0 Å². The van der Waals surface area contributed by atoms with E-state index >= 15 is 0 Å². The SMILES string of the molecule is CNc1cc(NC(CN(C)C)C(C)C)nc(COC)n1. The zero-order valence-corrected chi connectivity index (χ0v) is 13.4. The highest BCUT2D eigenvalue weighted by molar-refractivity contribution is 5.47. The van der Waals surface area contributed by atoms with Crippen LogP contribution in [0.25, 0.3) is 0 Å². The van der Waals surface area contributed by atoms with Crippen LogP contribution in [0.3, 0.4) is 0 Å². The fraction of sp³-hybridized carbons (Fsp3) is 0.714. The molecule has 0 radical (unpaired) electrons. The number of ether oxygens (including phenoxy) is 1. The predicted molar refractivity (Wildman–Crippen MR) is 83.1 cm³/mol. The minimum Gasteiger partial charge on any atom is -0.377 e. The van der Waals surface area contributed by atoms with Gasteiger partial charge in [0.25, 0.3) is 0 Å². The standard InChI is InChI=1S/C14H27N5O/c1-10(2)11(8-19(4)5)16-13-7-12(15-3)17-14(18-13)9-20-6/h7,10-11H,8-9H2,1-6H3,(H2,15,16,17,18). The number of hydrogen-bond acceptors (Lipinski definition) is 6. The molecule has 1 rings (SSSR count). The van der Waals surface area contributed by atoms with Gasteiger partial charge in [0, 0.05) is 32.8 Å². The number of nitrogens with zero attached hydrogens (tertiary/aromatic N) is 3. The Morgan fingerprint density at radius 1 is 1.25 bits per heavy atom. The van der Waals surface area contributed by atoms with E-state index in [2.05, 4.69) is 53.4 Å². The molecule has 0 aliphatic carbocycles. The number of hydrogen-bond donors (Lipinski definition) is 2. The third-order valence-corrected chi connectivity index (χ3v) is 3.00. The topological polar surface area (TPSA) is 62.3 Å². The van der Waals surface area contributed by atoms with Gasteiger partial charge in [-0.2, -0.15) is 0 Å². The summed E-state index contributed by atoms with van der Waals surface area (Å²) in [5.41, 5.74) is 0. The maximum atomic E-state index is 5.11. The second kappa shape index (κ2) is 8.01. The van der Waals surface area contributed by atoms with Crippen molar-refractivity contribution in [3.63, 3.8) is 0 Å². The molecule has 0 amide bonds. The second-order valence-corrected chi connectivity index (χ2v) is 5.49. The summed E-state index contributed by atoms with van der Waals surface area (Å²) in [5, 5.41) is 6.55. The Labute approximate surface area is 121 Å². The molecule has 0 fully saturated rings. The van der Waals surface area contributed by atoms with Gasteiger partial charge in [-0.05, 0) is 20.0 Å². The molecule has 1 heterocycles. The van der Waals surface area contributed by atoms with Gasteiger partial charge in [0.1, 0.15) is 18.2 Å². The summed E-state index contributed by atoms with van der Waals surface area (Å²) in [6, 6.07) is 2.25. The summed E-state index contributed by atoms with van der Waals surface area (Å²) in [7, 11) is 7.65. The van der Waals surface area contributed by atoms with Gasteiger partial charge in [-0.3, -0.25) is 0 Å². The number of methoxy groups -OCH3 is 1. The Hall–Kier alpha value is -1.40. The van der Waals surface area contributed by atoms with Crippen LogP contribution in [0.1, 0.15) is 19.7 Å². The minimum absolute atomic E-state index is 0.333. The first-order valence-electron chi connectivity index (χ1n) is 6.92. The van der Waals surface area contributed by atoms with Crippen LogP contribution >= 0.6 is 0 Å². The molecule has 0 aliphatic heterocycles. The Morgan fingerprint density at radius 2 is 1.90 bits per heavy atom. The van der Waals surface area contributed by atoms with Crippen molar-refractivity contribution < 1.29 is 4.74 Å². The molecular weight excluding hydrogens is 254 g/mol. The van der Waals surface area contributed by atoms with Gasteiger partial charge in [-0.15, -0.1) is 0 Å². The molecular formula is C14H27N5O. The number of anilines is 2. The quantitative estimate of drug-likeness (QED) is 0.756. The molecule has 0 spiro atoms. The van der Waals surface area contributed by atoms with Crippen molar-refractivity contribution in [3.8, 4) is 0 Å². The van der Waals surface area contributed by atoms with Crippen LogP contribution in [-0.4, -0.2) is 55.7 Å². The first-order valence-corrected chi connectivity index (χ1v) is 6.92. The summed E-state index contributed by atoms with van der Waals surface area (Å²) >= 11 is 0. The molecule has 6 heteroatoms. The molecule has 6 nitrogen and oxygen atoms in total. The molecule has 1 aromatic rings. The highest BCUT2D eigenvalue weighted by Crippen LogP contribution is 2.15. The van der Waals surface area contributed by atoms with E-state index in [4.69, 9.17) is 4.74 Å². The van der Waals surface area contributed by atoms with E-state index in [0.717, 1.165) is 18.2 Å². The molecule has 1 unspecified atom stereocenters. The Balaban J connectivity index is 2.90. The molecule has 20 heavy (non-hydrogen) atoms. The Kier molecular flexibility index (Phi) is 6.67. The molecule has 0 saturated carbocycles. The van der Waals surface area contributed by atoms with Crippen molar-refractivity contribution in [1.29, 1.82) is 0 Å². The van der Waals surface area contributed by atoms with E-state index in [0.29, 0.717) is 24.4 Å². The van der Waals surface area contributed by atoms with Crippen LogP contribution in [0.2, 0.25) is 0 Å². The highest BCUT2D eigenvalue weighted by Gasteiger charge is 2.15. The lowest BCUT2D eigenvalue weighted by molar-refractivity contribution is 0.178. The van der Waals surface area contributed by atoms with E-state index in [1.165, 1.54) is 0 Å². The molecule has 1 aromatic heterocycles. The van der Waals surface area contributed by atoms with Gasteiger partial charge < -0.3 is 20.3 Å². The second-order valence-electron chi connectivity index (χ2n) is 5.49. The molecule has 2 N–H and O–H groups in total. The largest absolute Gasteiger partial charge is 0.377 e. The average molecular weight is 281 g/mol. The third-order valence-electron chi connectivity index (χ3n) is 3.00. The van der Waals surface area contributed by atoms with Gasteiger partial charge in [-0.25, -0.2) is 9.97 Å². The van der Waals surface area contributed by atoms with Gasteiger partial charge in [0.05, 0.1) is 0 Å². The summed E-state index contributed by atoms with van der Waals surface area (Å²) < 4.78 is 5.11. The van der Waals surface area contributed by atoms with Crippen molar-refractivity contribution in [3.05, 3.63) is 11.9 Å². The number of rotatable bonds is 8. The van der Waals surface area contributed by atoms with E-state index < -0.39 is 0 Å². The monoisotopic (exact) mass is 281 g/mol. The Bertz CT molecular complexity index is 409. The van der Waals surface area contributed by atoms with Gasteiger partial charge in [0.2, 0.25) is 0 Å². The van der Waals surface area contributed by atoms with Gasteiger partial charge in [-0.1, -0.05) is 13.8 Å². The summed E-state index contributed by atoms with van der Waals surface area (Å²) in [6.07, 6.45) is 0. The predicted octanol–water partition coefficient (Wildman–Crippen LogP) is 1.66. The van der Waals surface area contributed by atoms with Gasteiger partial charge in [0.15, 0.2) is 5.82 Å². The highest BCUT2D eigenvalue weighted by atomic mass is 16.5. The normalized spacial score (nSPS) is 12.8. The van der Waals surface area contributed by atoms with E-state index in [1.54, 1.807) is 7.11 Å². The fourth-order valence-corrected chi connectivity index (χ4v) is 1.90. The Morgan fingerprint density at radius 3 is 2.40 bits per heavy atom. The molecule has 0 aliphatic rings. The summed E-state index contributed by atoms with van der Waals surface area (Å²) in [4.78, 5) is 11.0. The lowest BCUT2D eigenvalue weighted by Crippen LogP contribution is -2.36. The number of nitrogens with one attached hydrogen (secondary N) is 2. The number of likely N-dealkylation sites (N-methyl/N-ethyl adjacent to an activating group) is 1. The van der Waals surface area contributed by atoms with Crippen molar-refractivity contribution in [2.24, 2.45) is 5.92 Å².